The van der Waals surface area contributed by atoms with Crippen LogP contribution in [0.2, 0.25) is 0 Å². The number of methoxy groups -OCH3 is 1. The first-order valence-electron chi connectivity index (χ1n) is 9.75. The number of piperazine rings is 1. The van der Waals surface area contributed by atoms with Crippen molar-refractivity contribution in [3.05, 3.63) is 71.8 Å². The van der Waals surface area contributed by atoms with Crippen molar-refractivity contribution >= 4 is 5.91 Å². The zero-order chi connectivity index (χ0) is 19.2. The first-order valence-corrected chi connectivity index (χ1v) is 9.75. The molecule has 0 N–H and O–H groups in total. The van der Waals surface area contributed by atoms with Gasteiger partial charge >= 0.3 is 0 Å². The number of hydrogen-bond acceptors (Lipinski definition) is 3. The molecule has 0 spiro atoms. The molecule has 2 aromatic rings. The van der Waals surface area contributed by atoms with Crippen LogP contribution in [0.25, 0.3) is 0 Å². The van der Waals surface area contributed by atoms with Crippen LogP contribution in [0.4, 0.5) is 0 Å². The summed E-state index contributed by atoms with van der Waals surface area (Å²) in [5.41, 5.74) is 2.10. The molecule has 1 aliphatic heterocycles. The Labute approximate surface area is 162 Å². The second kappa shape index (κ2) is 9.16. The highest BCUT2D eigenvalue weighted by molar-refractivity contribution is 5.87. The number of nitrogens with zero attached hydrogens (tertiary/aromatic N) is 2. The molecule has 0 bridgehead atoms. The van der Waals surface area contributed by atoms with E-state index in [1.54, 1.807) is 7.11 Å². The van der Waals surface area contributed by atoms with E-state index in [-0.39, 0.29) is 11.8 Å². The second-order valence-corrected chi connectivity index (χ2v) is 7.43. The number of carbonyl (C=O) groups is 1. The zero-order valence-electron chi connectivity index (χ0n) is 16.5. The highest BCUT2D eigenvalue weighted by Gasteiger charge is 2.35. The zero-order valence-corrected chi connectivity index (χ0v) is 16.5. The Morgan fingerprint density at radius 3 is 1.89 bits per heavy atom. The van der Waals surface area contributed by atoms with Gasteiger partial charge in [0.25, 0.3) is 0 Å². The van der Waals surface area contributed by atoms with Crippen molar-refractivity contribution in [2.75, 3.05) is 33.4 Å². The van der Waals surface area contributed by atoms with E-state index in [0.29, 0.717) is 12.1 Å². The summed E-state index contributed by atoms with van der Waals surface area (Å²) >= 11 is 0. The van der Waals surface area contributed by atoms with Crippen LogP contribution in [-0.4, -0.2) is 61.1 Å². The fraction of sp³-hybridized carbons (Fsp3) is 0.435. The summed E-state index contributed by atoms with van der Waals surface area (Å²) in [5, 5.41) is 0. The van der Waals surface area contributed by atoms with Gasteiger partial charge in [-0.05, 0) is 25.0 Å². The van der Waals surface area contributed by atoms with Crippen LogP contribution in [0.1, 0.15) is 30.9 Å². The molecular formula is C23H30N2O2. The van der Waals surface area contributed by atoms with Crippen molar-refractivity contribution in [1.29, 1.82) is 0 Å². The molecule has 3 rings (SSSR count). The number of benzene rings is 2. The molecule has 0 aliphatic carbocycles. The van der Waals surface area contributed by atoms with Gasteiger partial charge in [-0.3, -0.25) is 9.69 Å². The summed E-state index contributed by atoms with van der Waals surface area (Å²) in [4.78, 5) is 18.1. The minimum atomic E-state index is -0.252. The van der Waals surface area contributed by atoms with Gasteiger partial charge < -0.3 is 9.64 Å². The summed E-state index contributed by atoms with van der Waals surface area (Å²) in [7, 11) is 1.74. The Hall–Kier alpha value is -2.17. The van der Waals surface area contributed by atoms with Gasteiger partial charge in [-0.25, -0.2) is 0 Å². The number of ether oxygens (including phenoxy) is 1. The molecule has 27 heavy (non-hydrogen) atoms. The van der Waals surface area contributed by atoms with Crippen molar-refractivity contribution in [1.82, 2.24) is 9.80 Å². The lowest BCUT2D eigenvalue weighted by Gasteiger charge is -2.45. The summed E-state index contributed by atoms with van der Waals surface area (Å²) in [5.74, 6) is -0.0604. The van der Waals surface area contributed by atoms with E-state index in [2.05, 4.69) is 43.0 Å². The molecule has 1 heterocycles. The lowest BCUT2D eigenvalue weighted by atomic mass is 9.89. The third-order valence-corrected chi connectivity index (χ3v) is 5.48. The van der Waals surface area contributed by atoms with Gasteiger partial charge in [0.1, 0.15) is 0 Å². The Morgan fingerprint density at radius 1 is 0.963 bits per heavy atom. The number of carbonyl (C=O) groups excluding carboxylic acids is 1. The predicted molar refractivity (Wildman–Crippen MR) is 109 cm³/mol. The summed E-state index contributed by atoms with van der Waals surface area (Å²) in [6.45, 7) is 7.53. The molecule has 1 amide bonds. The van der Waals surface area contributed by atoms with Crippen molar-refractivity contribution in [2.45, 2.75) is 31.8 Å². The molecule has 2 unspecified atom stereocenters. The minimum Gasteiger partial charge on any atom is -0.383 e. The largest absolute Gasteiger partial charge is 0.383 e. The first kappa shape index (κ1) is 19.6. The Morgan fingerprint density at radius 2 is 1.44 bits per heavy atom. The van der Waals surface area contributed by atoms with Crippen LogP contribution in [0.15, 0.2) is 60.7 Å². The van der Waals surface area contributed by atoms with Crippen molar-refractivity contribution < 1.29 is 9.53 Å². The van der Waals surface area contributed by atoms with Crippen LogP contribution in [0.5, 0.6) is 0 Å². The van der Waals surface area contributed by atoms with E-state index in [1.165, 1.54) is 0 Å². The van der Waals surface area contributed by atoms with Crippen LogP contribution in [0.3, 0.4) is 0 Å². The van der Waals surface area contributed by atoms with Gasteiger partial charge in [-0.1, -0.05) is 60.7 Å². The number of rotatable bonds is 6. The molecule has 1 fully saturated rings. The highest BCUT2D eigenvalue weighted by Crippen LogP contribution is 2.28. The second-order valence-electron chi connectivity index (χ2n) is 7.43. The Balaban J connectivity index is 1.83. The predicted octanol–water partition coefficient (Wildman–Crippen LogP) is 3.39. The average Bonchev–Trinajstić information content (AvgIpc) is 2.69. The topological polar surface area (TPSA) is 32.8 Å². The maximum Gasteiger partial charge on any atom is 0.234 e. The van der Waals surface area contributed by atoms with Crippen LogP contribution < -0.4 is 0 Å². The molecule has 1 saturated heterocycles. The van der Waals surface area contributed by atoms with E-state index in [9.17, 15) is 4.79 Å². The number of amides is 1. The Kier molecular flexibility index (Phi) is 6.64. The van der Waals surface area contributed by atoms with Crippen molar-refractivity contribution in [2.24, 2.45) is 0 Å². The minimum absolute atomic E-state index is 0.192. The van der Waals surface area contributed by atoms with E-state index in [1.807, 2.05) is 41.3 Å². The first-order chi connectivity index (χ1) is 13.1. The van der Waals surface area contributed by atoms with Crippen LogP contribution >= 0.6 is 0 Å². The van der Waals surface area contributed by atoms with Crippen LogP contribution in [-0.2, 0) is 9.53 Å². The van der Waals surface area contributed by atoms with Gasteiger partial charge in [0.15, 0.2) is 0 Å². The molecule has 0 aromatic heterocycles. The fourth-order valence-corrected chi connectivity index (χ4v) is 4.13. The lowest BCUT2D eigenvalue weighted by molar-refractivity contribution is -0.136. The van der Waals surface area contributed by atoms with Gasteiger partial charge in [-0.15, -0.1) is 0 Å². The number of hydrogen-bond donors (Lipinski definition) is 0. The SMILES string of the molecule is COCCN1C(C)CN(C(=O)C(c2ccccc2)c2ccccc2)CC1C. The summed E-state index contributed by atoms with van der Waals surface area (Å²) in [6, 6.07) is 20.9. The monoisotopic (exact) mass is 366 g/mol. The molecule has 2 aromatic carbocycles. The molecule has 144 valence electrons. The molecule has 0 saturated carbocycles. The standard InChI is InChI=1S/C23H30N2O2/c1-18-16-24(17-19(2)25(18)14-15-27-3)23(26)22(20-10-6-4-7-11-20)21-12-8-5-9-13-21/h4-13,18-19,22H,14-17H2,1-3H3. The van der Waals surface area contributed by atoms with E-state index in [4.69, 9.17) is 4.74 Å². The molecule has 0 radical (unpaired) electrons. The highest BCUT2D eigenvalue weighted by atomic mass is 16.5. The summed E-state index contributed by atoms with van der Waals surface area (Å²) in [6.07, 6.45) is 0. The van der Waals surface area contributed by atoms with Gasteiger partial charge in [0.2, 0.25) is 5.91 Å². The Bertz CT molecular complexity index is 668. The molecule has 4 nitrogen and oxygen atoms in total. The molecule has 2 atom stereocenters. The molecule has 4 heteroatoms. The van der Waals surface area contributed by atoms with E-state index >= 15 is 0 Å². The summed E-state index contributed by atoms with van der Waals surface area (Å²) < 4.78 is 5.25. The smallest absolute Gasteiger partial charge is 0.234 e. The van der Waals surface area contributed by atoms with E-state index < -0.39 is 0 Å². The quantitative estimate of drug-likeness (QED) is 0.786. The molecule has 1 aliphatic rings. The van der Waals surface area contributed by atoms with Crippen molar-refractivity contribution in [3.8, 4) is 0 Å². The maximum atomic E-state index is 13.6. The van der Waals surface area contributed by atoms with Gasteiger partial charge in [0, 0.05) is 38.8 Å². The molecular weight excluding hydrogens is 336 g/mol. The van der Waals surface area contributed by atoms with Crippen LogP contribution in [0, 0.1) is 0 Å². The third kappa shape index (κ3) is 4.57. The average molecular weight is 367 g/mol. The van der Waals surface area contributed by atoms with E-state index in [0.717, 1.165) is 37.4 Å². The lowest BCUT2D eigenvalue weighted by Crippen LogP contribution is -2.59. The maximum absolute atomic E-state index is 13.6. The van der Waals surface area contributed by atoms with Gasteiger partial charge in [0.05, 0.1) is 12.5 Å². The fourth-order valence-electron chi connectivity index (χ4n) is 4.13. The van der Waals surface area contributed by atoms with Crippen molar-refractivity contribution in [3.63, 3.8) is 0 Å². The normalized spacial score (nSPS) is 20.8. The van der Waals surface area contributed by atoms with Gasteiger partial charge in [-0.2, -0.15) is 0 Å². The third-order valence-electron chi connectivity index (χ3n) is 5.48.